The van der Waals surface area contributed by atoms with Crippen LogP contribution in [-0.2, 0) is 0 Å². The maximum absolute atomic E-state index is 12.8. The number of halogens is 1. The molecule has 1 aliphatic heterocycles. The van der Waals surface area contributed by atoms with Gasteiger partial charge in [-0.1, -0.05) is 35.9 Å². The van der Waals surface area contributed by atoms with Crippen LogP contribution in [0.15, 0.2) is 59.3 Å². The molecule has 4 rings (SSSR count). The summed E-state index contributed by atoms with van der Waals surface area (Å²) in [5, 5.41) is 2.97. The first-order valence-electron chi connectivity index (χ1n) is 8.93. The minimum atomic E-state index is -0.330. The van der Waals surface area contributed by atoms with E-state index in [1.54, 1.807) is 24.3 Å². The predicted octanol–water partition coefficient (Wildman–Crippen LogP) is 3.38. The van der Waals surface area contributed by atoms with Crippen LogP contribution in [0, 0.1) is 0 Å². The highest BCUT2D eigenvalue weighted by Crippen LogP contribution is 2.30. The molecule has 2 aliphatic rings. The van der Waals surface area contributed by atoms with E-state index in [9.17, 15) is 9.59 Å². The first-order chi connectivity index (χ1) is 13.0. The zero-order valence-corrected chi connectivity index (χ0v) is 15.8. The van der Waals surface area contributed by atoms with E-state index in [1.165, 1.54) is 0 Å². The number of carbonyl (C=O) groups excluding carboxylic acids is 2. The first-order valence-corrected chi connectivity index (χ1v) is 9.31. The Kier molecular flexibility index (Phi) is 4.72. The van der Waals surface area contributed by atoms with E-state index in [0.29, 0.717) is 11.1 Å². The third-order valence-corrected chi connectivity index (χ3v) is 5.43. The van der Waals surface area contributed by atoms with Gasteiger partial charge in [0.2, 0.25) is 11.6 Å². The largest absolute Gasteiger partial charge is 0.369 e. The van der Waals surface area contributed by atoms with Gasteiger partial charge < -0.3 is 15.1 Å². The van der Waals surface area contributed by atoms with E-state index in [4.69, 9.17) is 11.6 Å². The van der Waals surface area contributed by atoms with E-state index in [0.717, 1.165) is 37.6 Å². The van der Waals surface area contributed by atoms with Crippen LogP contribution >= 0.6 is 11.6 Å². The maximum atomic E-state index is 12.8. The van der Waals surface area contributed by atoms with Gasteiger partial charge in [0.15, 0.2) is 0 Å². The number of ketones is 2. The van der Waals surface area contributed by atoms with Crippen LogP contribution in [0.4, 0.5) is 11.4 Å². The average molecular weight is 382 g/mol. The SMILES string of the molecule is CN1CCN(c2ccc(NC3=C(Cl)C(=O)c4ccccc4C3=O)cc2)CC1. The second-order valence-electron chi connectivity index (χ2n) is 6.86. The molecule has 0 amide bonds. The van der Waals surface area contributed by atoms with Gasteiger partial charge in [-0.2, -0.15) is 0 Å². The van der Waals surface area contributed by atoms with Crippen LogP contribution in [0.1, 0.15) is 20.7 Å². The van der Waals surface area contributed by atoms with Gasteiger partial charge in [-0.25, -0.2) is 0 Å². The van der Waals surface area contributed by atoms with Gasteiger partial charge in [-0.05, 0) is 31.3 Å². The van der Waals surface area contributed by atoms with E-state index in [-0.39, 0.29) is 22.3 Å². The third kappa shape index (κ3) is 3.36. The zero-order valence-electron chi connectivity index (χ0n) is 15.0. The first kappa shape index (κ1) is 17.8. The molecule has 0 unspecified atom stereocenters. The number of rotatable bonds is 3. The summed E-state index contributed by atoms with van der Waals surface area (Å²) in [5.41, 5.74) is 2.73. The Morgan fingerprint density at radius 3 is 2.07 bits per heavy atom. The van der Waals surface area contributed by atoms with Crippen LogP contribution < -0.4 is 10.2 Å². The molecular weight excluding hydrogens is 362 g/mol. The lowest BCUT2D eigenvalue weighted by molar-refractivity contribution is 0.0982. The number of piperazine rings is 1. The number of allylic oxidation sites excluding steroid dienone is 2. The van der Waals surface area contributed by atoms with Crippen molar-refractivity contribution in [3.05, 3.63) is 70.4 Å². The summed E-state index contributed by atoms with van der Waals surface area (Å²) in [6.45, 7) is 4.06. The predicted molar refractivity (Wildman–Crippen MR) is 108 cm³/mol. The third-order valence-electron chi connectivity index (χ3n) is 5.07. The fraction of sp³-hybridized carbons (Fsp3) is 0.238. The van der Waals surface area contributed by atoms with E-state index >= 15 is 0 Å². The molecule has 0 aromatic heterocycles. The molecule has 5 nitrogen and oxygen atoms in total. The minimum absolute atomic E-state index is 0.0677. The van der Waals surface area contributed by atoms with E-state index < -0.39 is 0 Å². The van der Waals surface area contributed by atoms with Gasteiger partial charge in [0.1, 0.15) is 10.7 Å². The summed E-state index contributed by atoms with van der Waals surface area (Å²) in [6.07, 6.45) is 0. The van der Waals surface area contributed by atoms with Crippen molar-refractivity contribution in [1.29, 1.82) is 0 Å². The monoisotopic (exact) mass is 381 g/mol. The minimum Gasteiger partial charge on any atom is -0.369 e. The molecule has 2 aromatic carbocycles. The molecule has 0 atom stereocenters. The summed E-state index contributed by atoms with van der Waals surface area (Å²) in [4.78, 5) is 29.9. The quantitative estimate of drug-likeness (QED) is 0.883. The molecule has 0 saturated carbocycles. The van der Waals surface area contributed by atoms with Gasteiger partial charge in [0.25, 0.3) is 0 Å². The molecule has 1 heterocycles. The number of nitrogens with one attached hydrogen (secondary N) is 1. The van der Waals surface area contributed by atoms with Crippen molar-refractivity contribution in [3.8, 4) is 0 Å². The van der Waals surface area contributed by atoms with Crippen LogP contribution in [-0.4, -0.2) is 49.7 Å². The highest BCUT2D eigenvalue weighted by Gasteiger charge is 2.31. The number of Topliss-reactive ketones (excluding diaryl/α,β-unsaturated/α-hetero) is 2. The lowest BCUT2D eigenvalue weighted by Gasteiger charge is -2.34. The van der Waals surface area contributed by atoms with Gasteiger partial charge in [-0.15, -0.1) is 0 Å². The van der Waals surface area contributed by atoms with Crippen molar-refractivity contribution >= 4 is 34.5 Å². The Bertz CT molecular complexity index is 929. The topological polar surface area (TPSA) is 52.6 Å². The van der Waals surface area contributed by atoms with Gasteiger partial charge in [0, 0.05) is 48.7 Å². The van der Waals surface area contributed by atoms with Crippen LogP contribution in [0.5, 0.6) is 0 Å². The van der Waals surface area contributed by atoms with Crippen molar-refractivity contribution in [2.75, 3.05) is 43.4 Å². The van der Waals surface area contributed by atoms with Crippen molar-refractivity contribution in [2.24, 2.45) is 0 Å². The Balaban J connectivity index is 1.55. The lowest BCUT2D eigenvalue weighted by Crippen LogP contribution is -2.44. The van der Waals surface area contributed by atoms with Crippen LogP contribution in [0.2, 0.25) is 0 Å². The van der Waals surface area contributed by atoms with Gasteiger partial charge in [0.05, 0.1) is 0 Å². The molecule has 1 fully saturated rings. The molecule has 27 heavy (non-hydrogen) atoms. The van der Waals surface area contributed by atoms with E-state index in [2.05, 4.69) is 22.2 Å². The smallest absolute Gasteiger partial charge is 0.211 e. The molecule has 1 N–H and O–H groups in total. The number of fused-ring (bicyclic) bond motifs is 1. The Labute approximate surface area is 163 Å². The molecule has 1 saturated heterocycles. The van der Waals surface area contributed by atoms with Crippen molar-refractivity contribution in [1.82, 2.24) is 4.90 Å². The number of likely N-dealkylation sites (N-methyl/N-ethyl adjacent to an activating group) is 1. The molecular formula is C21H20ClN3O2. The normalized spacial score (nSPS) is 17.9. The van der Waals surface area contributed by atoms with Gasteiger partial charge in [-0.3, -0.25) is 9.59 Å². The lowest BCUT2D eigenvalue weighted by atomic mass is 9.92. The number of anilines is 2. The Hall–Kier alpha value is -2.63. The summed E-state index contributed by atoms with van der Waals surface area (Å²) in [6, 6.07) is 14.6. The summed E-state index contributed by atoms with van der Waals surface area (Å²) in [5.74, 6) is -0.596. The van der Waals surface area contributed by atoms with Crippen molar-refractivity contribution in [3.63, 3.8) is 0 Å². The number of hydrogen-bond donors (Lipinski definition) is 1. The molecule has 0 bridgehead atoms. The number of carbonyl (C=O) groups is 2. The Morgan fingerprint density at radius 2 is 1.44 bits per heavy atom. The standard InChI is InChI=1S/C21H20ClN3O2/c1-24-10-12-25(13-11-24)15-8-6-14(7-9-15)23-19-18(22)20(26)16-4-2-3-5-17(16)21(19)27/h2-9,23H,10-13H2,1H3. The van der Waals surface area contributed by atoms with Crippen LogP contribution in [0.3, 0.4) is 0 Å². The molecule has 1 aliphatic carbocycles. The number of nitrogens with zero attached hydrogens (tertiary/aromatic N) is 2. The highest BCUT2D eigenvalue weighted by molar-refractivity contribution is 6.50. The molecule has 2 aromatic rings. The molecule has 138 valence electrons. The second-order valence-corrected chi connectivity index (χ2v) is 7.23. The van der Waals surface area contributed by atoms with E-state index in [1.807, 2.05) is 24.3 Å². The summed E-state index contributed by atoms with van der Waals surface area (Å²) < 4.78 is 0. The fourth-order valence-electron chi connectivity index (χ4n) is 3.42. The average Bonchev–Trinajstić information content (AvgIpc) is 2.71. The fourth-order valence-corrected chi connectivity index (χ4v) is 3.66. The van der Waals surface area contributed by atoms with Crippen molar-refractivity contribution in [2.45, 2.75) is 0 Å². The molecule has 0 radical (unpaired) electrons. The van der Waals surface area contributed by atoms with Crippen LogP contribution in [0.25, 0.3) is 0 Å². The molecule has 6 heteroatoms. The number of benzene rings is 2. The second kappa shape index (κ2) is 7.18. The van der Waals surface area contributed by atoms with Crippen molar-refractivity contribution < 1.29 is 9.59 Å². The van der Waals surface area contributed by atoms with Gasteiger partial charge >= 0.3 is 0 Å². The zero-order chi connectivity index (χ0) is 19.0. The maximum Gasteiger partial charge on any atom is 0.211 e. The number of hydrogen-bond acceptors (Lipinski definition) is 5. The Morgan fingerprint density at radius 1 is 0.852 bits per heavy atom. The molecule has 0 spiro atoms. The summed E-state index contributed by atoms with van der Waals surface area (Å²) in [7, 11) is 2.13. The highest BCUT2D eigenvalue weighted by atomic mass is 35.5. The summed E-state index contributed by atoms with van der Waals surface area (Å²) >= 11 is 6.21.